The first-order valence-corrected chi connectivity index (χ1v) is 30.4. The summed E-state index contributed by atoms with van der Waals surface area (Å²) in [5.41, 5.74) is 35.3. The van der Waals surface area contributed by atoms with Crippen LogP contribution in [0.5, 0.6) is 0 Å². The summed E-state index contributed by atoms with van der Waals surface area (Å²) < 4.78 is 0. The molecule has 1 spiro atoms. The average molecular weight is 1100 g/mol. The normalized spacial score (nSPS) is 15.7. The van der Waals surface area contributed by atoms with Gasteiger partial charge in [0.2, 0.25) is 0 Å². The molecule has 86 heavy (non-hydrogen) atoms. The van der Waals surface area contributed by atoms with Crippen molar-refractivity contribution in [2.24, 2.45) is 0 Å². The smallest absolute Gasteiger partial charge is 0.0726 e. The molecular weight excluding hydrogens is 1040 g/mol. The first-order valence-electron chi connectivity index (χ1n) is 30.4. The van der Waals surface area contributed by atoms with Crippen LogP contribution in [0.3, 0.4) is 0 Å². The molecule has 0 saturated heterocycles. The standard InChI is InChI=1S/C84H58N2/c1-83(2)70-34-17-13-26-61(70)64-49-48-59(52-75(64)83)85(56-24-7-4-8-25-56)57-46-42-55(43-47-57)60-50-51-77(82-79-67-31-11-9-29-65(67)78(81(60)82)66-30-10-12-32-68(66)79)86(58-44-40-54(41-45-58)53-22-5-3-6-23-53)76-39-21-38-74-80(76)69-33-16-20-37-73(69)84(74)71-35-18-14-27-62(71)63-28-15-19-36-72(63)84/h3-52,78-79H,1-2H3. The van der Waals surface area contributed by atoms with Crippen LogP contribution in [-0.2, 0) is 10.8 Å². The van der Waals surface area contributed by atoms with Crippen molar-refractivity contribution in [2.75, 3.05) is 9.80 Å². The van der Waals surface area contributed by atoms with E-state index in [2.05, 4.69) is 327 Å². The van der Waals surface area contributed by atoms with Crippen LogP contribution in [0.15, 0.2) is 303 Å². The van der Waals surface area contributed by atoms with Crippen LogP contribution in [0, 0.1) is 0 Å². The second-order valence-electron chi connectivity index (χ2n) is 24.5. The van der Waals surface area contributed by atoms with Gasteiger partial charge in [-0.3, -0.25) is 0 Å². The van der Waals surface area contributed by atoms with Gasteiger partial charge in [-0.25, -0.2) is 0 Å². The summed E-state index contributed by atoms with van der Waals surface area (Å²) >= 11 is 0. The van der Waals surface area contributed by atoms with Gasteiger partial charge in [0.05, 0.1) is 16.8 Å². The molecule has 2 bridgehead atoms. The van der Waals surface area contributed by atoms with Crippen molar-refractivity contribution in [3.63, 3.8) is 0 Å². The first-order chi connectivity index (χ1) is 42.5. The Bertz CT molecular complexity index is 4820. The summed E-state index contributed by atoms with van der Waals surface area (Å²) in [4.78, 5) is 5.07. The number of hydrogen-bond acceptors (Lipinski definition) is 2. The molecule has 0 heterocycles. The molecule has 13 aromatic rings. The number of benzene rings is 13. The zero-order valence-electron chi connectivity index (χ0n) is 47.9. The molecule has 0 amide bonds. The third kappa shape index (κ3) is 6.73. The Morgan fingerprint density at radius 1 is 0.256 bits per heavy atom. The lowest BCUT2D eigenvalue weighted by Crippen LogP contribution is -2.30. The van der Waals surface area contributed by atoms with Crippen LogP contribution >= 0.6 is 0 Å². The van der Waals surface area contributed by atoms with Crippen molar-refractivity contribution in [3.05, 3.63) is 370 Å². The fraction of sp³-hybridized carbons (Fsp3) is 0.0714. The van der Waals surface area contributed by atoms with Crippen molar-refractivity contribution < 1.29 is 0 Å². The van der Waals surface area contributed by atoms with Gasteiger partial charge in [-0.2, -0.15) is 0 Å². The van der Waals surface area contributed by atoms with Gasteiger partial charge >= 0.3 is 0 Å². The molecule has 0 radical (unpaired) electrons. The Morgan fingerprint density at radius 3 is 1.29 bits per heavy atom. The Hall–Kier alpha value is -10.5. The molecule has 0 aliphatic heterocycles. The highest BCUT2D eigenvalue weighted by Crippen LogP contribution is 2.66. The molecule has 6 aliphatic carbocycles. The molecule has 0 aromatic heterocycles. The minimum atomic E-state index is -0.497. The minimum absolute atomic E-state index is 0.0102. The van der Waals surface area contributed by atoms with Crippen LogP contribution in [-0.4, -0.2) is 0 Å². The molecule has 0 atom stereocenters. The molecule has 13 aromatic carbocycles. The van der Waals surface area contributed by atoms with E-state index in [4.69, 9.17) is 0 Å². The van der Waals surface area contributed by atoms with E-state index in [9.17, 15) is 0 Å². The molecule has 2 heteroatoms. The van der Waals surface area contributed by atoms with Gasteiger partial charge in [0.25, 0.3) is 0 Å². The van der Waals surface area contributed by atoms with Gasteiger partial charge in [-0.05, 0) is 177 Å². The molecule has 0 N–H and O–H groups in total. The van der Waals surface area contributed by atoms with E-state index in [-0.39, 0.29) is 17.3 Å². The van der Waals surface area contributed by atoms with E-state index in [0.717, 1.165) is 22.7 Å². The van der Waals surface area contributed by atoms with Crippen molar-refractivity contribution in [1.82, 2.24) is 0 Å². The fourth-order valence-electron chi connectivity index (χ4n) is 16.5. The average Bonchev–Trinajstić information content (AvgIpc) is 1.13. The number of anilines is 6. The van der Waals surface area contributed by atoms with Crippen LogP contribution in [0.2, 0.25) is 0 Å². The predicted molar refractivity (Wildman–Crippen MR) is 355 cm³/mol. The van der Waals surface area contributed by atoms with Gasteiger partial charge in [0.15, 0.2) is 0 Å². The lowest BCUT2D eigenvalue weighted by atomic mass is 9.59. The summed E-state index contributed by atoms with van der Waals surface area (Å²) in [7, 11) is 0. The van der Waals surface area contributed by atoms with E-state index >= 15 is 0 Å². The predicted octanol–water partition coefficient (Wildman–Crippen LogP) is 21.6. The van der Waals surface area contributed by atoms with Crippen molar-refractivity contribution >= 4 is 34.1 Å². The van der Waals surface area contributed by atoms with Gasteiger partial charge in [0, 0.05) is 45.6 Å². The summed E-state index contributed by atoms with van der Waals surface area (Å²) in [6.07, 6.45) is 0. The van der Waals surface area contributed by atoms with E-state index in [1.54, 1.807) is 0 Å². The Labute approximate surface area is 503 Å². The Balaban J connectivity index is 0.864. The molecule has 0 saturated carbocycles. The zero-order chi connectivity index (χ0) is 56.8. The highest BCUT2D eigenvalue weighted by Gasteiger charge is 2.53. The Kier molecular flexibility index (Phi) is 10.5. The lowest BCUT2D eigenvalue weighted by Gasteiger charge is -2.45. The first kappa shape index (κ1) is 48.9. The topological polar surface area (TPSA) is 6.48 Å². The molecule has 404 valence electrons. The molecule has 0 unspecified atom stereocenters. The molecule has 0 fully saturated rings. The van der Waals surface area contributed by atoms with Crippen LogP contribution < -0.4 is 9.80 Å². The maximum absolute atomic E-state index is 2.64. The number of rotatable bonds is 8. The number of para-hydroxylation sites is 1. The highest BCUT2D eigenvalue weighted by atomic mass is 15.2. The third-order valence-corrected chi connectivity index (χ3v) is 20.1. The lowest BCUT2D eigenvalue weighted by molar-refractivity contribution is 0.660. The highest BCUT2D eigenvalue weighted by molar-refractivity contribution is 6.02. The largest absolute Gasteiger partial charge is 0.310 e. The van der Waals surface area contributed by atoms with Crippen molar-refractivity contribution in [3.8, 4) is 55.6 Å². The zero-order valence-corrected chi connectivity index (χ0v) is 47.9. The quantitative estimate of drug-likeness (QED) is 0.150. The summed E-state index contributed by atoms with van der Waals surface area (Å²) in [5, 5.41) is 0. The second-order valence-corrected chi connectivity index (χ2v) is 24.5. The van der Waals surface area contributed by atoms with Gasteiger partial charge in [-0.1, -0.05) is 257 Å². The molecule has 6 aliphatic rings. The number of nitrogens with zero attached hydrogens (tertiary/aromatic N) is 2. The van der Waals surface area contributed by atoms with Gasteiger partial charge in [0.1, 0.15) is 0 Å². The fourth-order valence-corrected chi connectivity index (χ4v) is 16.5. The van der Waals surface area contributed by atoms with E-state index in [0.29, 0.717) is 0 Å². The summed E-state index contributed by atoms with van der Waals surface area (Å²) in [6, 6.07) is 115. The summed E-state index contributed by atoms with van der Waals surface area (Å²) in [5.74, 6) is -0.00789. The summed E-state index contributed by atoms with van der Waals surface area (Å²) in [6.45, 7) is 4.74. The van der Waals surface area contributed by atoms with Crippen LogP contribution in [0.1, 0.15) is 92.4 Å². The van der Waals surface area contributed by atoms with E-state index in [1.807, 2.05) is 0 Å². The van der Waals surface area contributed by atoms with Gasteiger partial charge in [-0.15, -0.1) is 0 Å². The second kappa shape index (κ2) is 18.5. The monoisotopic (exact) mass is 1090 g/mol. The SMILES string of the molecule is CC1(C)c2ccccc2-c2ccc(N(c3ccccc3)c3ccc(-c4ccc(N(c5ccc(-c6ccccc6)cc5)c5cccc6c5-c5ccccc5C65c6ccccc6-c6ccccc65)c5c4C4c6ccccc6C5c5ccccc54)cc3)cc21. The van der Waals surface area contributed by atoms with Crippen molar-refractivity contribution in [1.29, 1.82) is 0 Å². The van der Waals surface area contributed by atoms with Crippen LogP contribution in [0.4, 0.5) is 34.1 Å². The molecular formula is C84H58N2. The van der Waals surface area contributed by atoms with E-state index in [1.165, 1.54) is 134 Å². The number of hydrogen-bond donors (Lipinski definition) is 0. The van der Waals surface area contributed by atoms with Gasteiger partial charge < -0.3 is 9.80 Å². The third-order valence-electron chi connectivity index (χ3n) is 20.1. The minimum Gasteiger partial charge on any atom is -0.310 e. The maximum Gasteiger partial charge on any atom is 0.0726 e. The van der Waals surface area contributed by atoms with E-state index < -0.39 is 5.41 Å². The maximum atomic E-state index is 2.64. The van der Waals surface area contributed by atoms with Crippen molar-refractivity contribution in [2.45, 2.75) is 36.5 Å². The van der Waals surface area contributed by atoms with Crippen LogP contribution in [0.25, 0.3) is 55.6 Å². The molecule has 19 rings (SSSR count). The Morgan fingerprint density at radius 2 is 0.674 bits per heavy atom. The molecule has 2 nitrogen and oxygen atoms in total. The number of fused-ring (bicyclic) bond motifs is 13.